The van der Waals surface area contributed by atoms with Crippen LogP contribution in [0, 0.1) is 0 Å². The average Bonchev–Trinajstić information content (AvgIpc) is 2.10. The molecular formula is C8H15NO5S. The Labute approximate surface area is 90.4 Å². The minimum Gasteiger partial charge on any atom is -0.481 e. The van der Waals surface area contributed by atoms with Crippen molar-refractivity contribution in [1.82, 2.24) is 5.32 Å². The van der Waals surface area contributed by atoms with Crippen molar-refractivity contribution in [2.24, 2.45) is 0 Å². The molecule has 88 valence electrons. The van der Waals surface area contributed by atoms with Crippen LogP contribution in [0.1, 0.15) is 6.42 Å². The van der Waals surface area contributed by atoms with Gasteiger partial charge in [0.15, 0.2) is 0 Å². The van der Waals surface area contributed by atoms with Crippen LogP contribution < -0.4 is 5.32 Å². The number of amides is 1. The molecule has 0 saturated heterocycles. The van der Waals surface area contributed by atoms with Crippen molar-refractivity contribution in [2.45, 2.75) is 6.42 Å². The van der Waals surface area contributed by atoms with Crippen LogP contribution in [0.5, 0.6) is 0 Å². The number of aliphatic carboxylic acids is 1. The number of hydrogen-bond acceptors (Lipinski definition) is 4. The van der Waals surface area contributed by atoms with Crippen LogP contribution in [0.15, 0.2) is 0 Å². The molecule has 0 radical (unpaired) electrons. The molecule has 0 spiro atoms. The van der Waals surface area contributed by atoms with Gasteiger partial charge in [-0.2, -0.15) is 0 Å². The summed E-state index contributed by atoms with van der Waals surface area (Å²) in [7, 11) is -0.0710. The molecule has 0 heterocycles. The van der Waals surface area contributed by atoms with Crippen LogP contribution in [-0.2, 0) is 25.1 Å². The maximum Gasteiger partial charge on any atom is 0.316 e. The molecular weight excluding hydrogens is 222 g/mol. The second-order valence-corrected chi connectivity index (χ2v) is 4.28. The standard InChI is InChI=1S/C8H15NO5S/c1-14-4-2-3-9-7(10)5-15(13)6-8(11)12/h2-6H2,1H3,(H,9,10)(H,11,12). The molecule has 0 rings (SSSR count). The first-order valence-corrected chi connectivity index (χ1v) is 5.87. The fourth-order valence-corrected chi connectivity index (χ4v) is 1.60. The van der Waals surface area contributed by atoms with Crippen molar-refractivity contribution in [3.05, 3.63) is 0 Å². The Bertz CT molecular complexity index is 243. The first-order chi connectivity index (χ1) is 7.06. The predicted molar refractivity (Wildman–Crippen MR) is 55.0 cm³/mol. The van der Waals surface area contributed by atoms with Crippen LogP contribution in [0.25, 0.3) is 0 Å². The highest BCUT2D eigenvalue weighted by molar-refractivity contribution is 7.86. The molecule has 1 atom stereocenters. The lowest BCUT2D eigenvalue weighted by Gasteiger charge is -2.03. The summed E-state index contributed by atoms with van der Waals surface area (Å²) in [6.45, 7) is 0.982. The third-order valence-corrected chi connectivity index (χ3v) is 2.58. The minimum absolute atomic E-state index is 0.265. The molecule has 7 heteroatoms. The van der Waals surface area contributed by atoms with E-state index in [4.69, 9.17) is 9.84 Å². The molecule has 0 aliphatic rings. The van der Waals surface area contributed by atoms with Crippen LogP contribution >= 0.6 is 0 Å². The Morgan fingerprint density at radius 1 is 1.40 bits per heavy atom. The molecule has 0 fully saturated rings. The summed E-state index contributed by atoms with van der Waals surface area (Å²) < 4.78 is 15.8. The van der Waals surface area contributed by atoms with E-state index in [1.807, 2.05) is 0 Å². The number of ether oxygens (including phenoxy) is 1. The van der Waals surface area contributed by atoms with Crippen molar-refractivity contribution in [2.75, 3.05) is 31.8 Å². The van der Waals surface area contributed by atoms with Crippen molar-refractivity contribution in [3.63, 3.8) is 0 Å². The van der Waals surface area contributed by atoms with E-state index in [1.54, 1.807) is 7.11 Å². The molecule has 0 saturated carbocycles. The summed E-state index contributed by atoms with van der Waals surface area (Å²) >= 11 is 0. The SMILES string of the molecule is COCCCNC(=O)CS(=O)CC(=O)O. The van der Waals surface area contributed by atoms with Gasteiger partial charge in [-0.05, 0) is 6.42 Å². The lowest BCUT2D eigenvalue weighted by molar-refractivity contribution is -0.133. The highest BCUT2D eigenvalue weighted by Gasteiger charge is 2.10. The average molecular weight is 237 g/mol. The van der Waals surface area contributed by atoms with Gasteiger partial charge in [0.25, 0.3) is 0 Å². The van der Waals surface area contributed by atoms with Gasteiger partial charge in [-0.15, -0.1) is 0 Å². The summed E-state index contributed by atoms with van der Waals surface area (Å²) in [4.78, 5) is 21.2. The number of rotatable bonds is 8. The van der Waals surface area contributed by atoms with E-state index in [2.05, 4.69) is 5.32 Å². The maximum atomic E-state index is 11.1. The van der Waals surface area contributed by atoms with Crippen molar-refractivity contribution >= 4 is 22.7 Å². The van der Waals surface area contributed by atoms with E-state index in [0.717, 1.165) is 0 Å². The van der Waals surface area contributed by atoms with Gasteiger partial charge in [0, 0.05) is 31.1 Å². The van der Waals surface area contributed by atoms with Gasteiger partial charge in [-0.1, -0.05) is 0 Å². The van der Waals surface area contributed by atoms with E-state index >= 15 is 0 Å². The van der Waals surface area contributed by atoms with Gasteiger partial charge >= 0.3 is 5.97 Å². The highest BCUT2D eigenvalue weighted by atomic mass is 32.2. The van der Waals surface area contributed by atoms with Crippen molar-refractivity contribution in [3.8, 4) is 0 Å². The first-order valence-electron chi connectivity index (χ1n) is 4.38. The second-order valence-electron chi connectivity index (χ2n) is 2.82. The third kappa shape index (κ3) is 9.36. The number of carbonyl (C=O) groups is 2. The highest BCUT2D eigenvalue weighted by Crippen LogP contribution is 1.84. The number of carboxylic acids is 1. The quantitative estimate of drug-likeness (QED) is 0.527. The molecule has 0 aliphatic carbocycles. The molecule has 0 aromatic heterocycles. The topological polar surface area (TPSA) is 92.7 Å². The van der Waals surface area contributed by atoms with Crippen LogP contribution in [0.4, 0.5) is 0 Å². The zero-order valence-electron chi connectivity index (χ0n) is 8.52. The lowest BCUT2D eigenvalue weighted by Crippen LogP contribution is -2.31. The number of nitrogens with one attached hydrogen (secondary N) is 1. The smallest absolute Gasteiger partial charge is 0.316 e. The van der Waals surface area contributed by atoms with Crippen LogP contribution in [-0.4, -0.2) is 53.0 Å². The zero-order chi connectivity index (χ0) is 11.7. The summed E-state index contributed by atoms with van der Waals surface area (Å²) in [5.74, 6) is -2.32. The van der Waals surface area contributed by atoms with Crippen molar-refractivity contribution in [1.29, 1.82) is 0 Å². The molecule has 15 heavy (non-hydrogen) atoms. The Hall–Kier alpha value is -0.950. The van der Waals surface area contributed by atoms with Gasteiger partial charge in [-0.25, -0.2) is 0 Å². The Morgan fingerprint density at radius 2 is 2.07 bits per heavy atom. The fourth-order valence-electron chi connectivity index (χ4n) is 0.830. The molecule has 0 aliphatic heterocycles. The van der Waals surface area contributed by atoms with Crippen molar-refractivity contribution < 1.29 is 23.6 Å². The molecule has 0 bridgehead atoms. The normalized spacial score (nSPS) is 12.1. The monoisotopic (exact) mass is 237 g/mol. The Balaban J connectivity index is 3.56. The number of hydrogen-bond donors (Lipinski definition) is 2. The van der Waals surface area contributed by atoms with Crippen LogP contribution in [0.3, 0.4) is 0 Å². The van der Waals surface area contributed by atoms with E-state index < -0.39 is 28.4 Å². The van der Waals surface area contributed by atoms with Gasteiger partial charge < -0.3 is 15.2 Å². The van der Waals surface area contributed by atoms with Gasteiger partial charge in [-0.3, -0.25) is 13.8 Å². The lowest BCUT2D eigenvalue weighted by atomic mass is 10.4. The first kappa shape index (κ1) is 14.1. The fraction of sp³-hybridized carbons (Fsp3) is 0.750. The molecule has 6 nitrogen and oxygen atoms in total. The van der Waals surface area contributed by atoms with E-state index in [0.29, 0.717) is 19.6 Å². The van der Waals surface area contributed by atoms with E-state index in [9.17, 15) is 13.8 Å². The maximum absolute atomic E-state index is 11.1. The summed E-state index contributed by atoms with van der Waals surface area (Å²) in [6, 6.07) is 0. The van der Waals surface area contributed by atoms with Gasteiger partial charge in [0.1, 0.15) is 11.5 Å². The summed E-state index contributed by atoms with van der Waals surface area (Å²) in [5, 5.41) is 10.8. The third-order valence-electron chi connectivity index (χ3n) is 1.42. The molecule has 0 aromatic rings. The summed E-state index contributed by atoms with van der Waals surface area (Å²) in [5.41, 5.74) is 0. The molecule has 0 aromatic carbocycles. The van der Waals surface area contributed by atoms with Gasteiger partial charge in [0.2, 0.25) is 5.91 Å². The molecule has 1 unspecified atom stereocenters. The Kier molecular flexibility index (Phi) is 7.84. The predicted octanol–water partition coefficient (Wildman–Crippen LogP) is -1.03. The number of methoxy groups -OCH3 is 1. The molecule has 2 N–H and O–H groups in total. The summed E-state index contributed by atoms with van der Waals surface area (Å²) in [6.07, 6.45) is 0.674. The van der Waals surface area contributed by atoms with E-state index in [1.165, 1.54) is 0 Å². The zero-order valence-corrected chi connectivity index (χ0v) is 9.34. The Morgan fingerprint density at radius 3 is 2.60 bits per heavy atom. The number of carbonyl (C=O) groups excluding carboxylic acids is 1. The number of carboxylic acid groups (broad SMARTS) is 1. The largest absolute Gasteiger partial charge is 0.481 e. The van der Waals surface area contributed by atoms with Gasteiger partial charge in [0.05, 0.1) is 0 Å². The minimum atomic E-state index is -1.63. The van der Waals surface area contributed by atoms with E-state index in [-0.39, 0.29) is 5.75 Å². The van der Waals surface area contributed by atoms with Crippen LogP contribution in [0.2, 0.25) is 0 Å². The molecule has 1 amide bonds. The second kappa shape index (κ2) is 8.37.